The van der Waals surface area contributed by atoms with E-state index in [0.29, 0.717) is 5.69 Å². The minimum atomic E-state index is -2.54. The third kappa shape index (κ3) is 1.75. The highest BCUT2D eigenvalue weighted by atomic mass is 32.1. The first-order valence-electron chi connectivity index (χ1n) is 3.18. The van der Waals surface area contributed by atoms with Crippen LogP contribution in [0, 0.1) is 0 Å². The molecule has 1 rings (SSSR count). The molecule has 2 nitrogen and oxygen atoms in total. The zero-order chi connectivity index (χ0) is 9.14. The molecule has 5 heteroatoms. The summed E-state index contributed by atoms with van der Waals surface area (Å²) < 4.78 is 25.5. The van der Waals surface area contributed by atoms with E-state index in [-0.39, 0.29) is 5.69 Å². The van der Waals surface area contributed by atoms with Crippen molar-refractivity contribution in [3.63, 3.8) is 0 Å². The van der Waals surface area contributed by atoms with E-state index in [1.807, 2.05) is 0 Å². The van der Waals surface area contributed by atoms with Crippen LogP contribution in [0.25, 0.3) is 6.08 Å². The monoisotopic (exact) mass is 188 g/mol. The number of alkyl halides is 2. The number of aromatic nitrogens is 2. The minimum absolute atomic E-state index is 0.242. The first-order chi connectivity index (χ1) is 5.65. The fourth-order valence-corrected chi connectivity index (χ4v) is 0.928. The number of hydrogen-bond donors (Lipinski definition) is 0. The van der Waals surface area contributed by atoms with Gasteiger partial charge in [-0.1, -0.05) is 0 Å². The zero-order valence-corrected chi connectivity index (χ0v) is 7.11. The van der Waals surface area contributed by atoms with E-state index in [1.54, 1.807) is 7.05 Å². The third-order valence-corrected chi connectivity index (χ3v) is 1.48. The number of aryl methyl sites for hydroxylation is 1. The van der Waals surface area contributed by atoms with Gasteiger partial charge in [0.15, 0.2) is 0 Å². The van der Waals surface area contributed by atoms with Gasteiger partial charge in [0.1, 0.15) is 5.69 Å². The van der Waals surface area contributed by atoms with E-state index in [1.165, 1.54) is 16.8 Å². The molecule has 0 unspecified atom stereocenters. The summed E-state index contributed by atoms with van der Waals surface area (Å²) in [7, 11) is 1.57. The average molecular weight is 188 g/mol. The van der Waals surface area contributed by atoms with Crippen LogP contribution in [0.2, 0.25) is 0 Å². The van der Waals surface area contributed by atoms with Crippen molar-refractivity contribution in [1.82, 2.24) is 9.78 Å². The Labute approximate surface area is 73.5 Å². The van der Waals surface area contributed by atoms with E-state index < -0.39 is 6.43 Å². The van der Waals surface area contributed by atoms with E-state index in [9.17, 15) is 8.78 Å². The summed E-state index contributed by atoms with van der Waals surface area (Å²) in [6.45, 7) is 0. The van der Waals surface area contributed by atoms with Gasteiger partial charge in [0.25, 0.3) is 6.43 Å². The van der Waals surface area contributed by atoms with Gasteiger partial charge in [-0.2, -0.15) is 5.10 Å². The van der Waals surface area contributed by atoms with Crippen molar-refractivity contribution in [2.45, 2.75) is 6.43 Å². The van der Waals surface area contributed by atoms with Gasteiger partial charge in [0.05, 0.1) is 5.69 Å². The number of nitrogens with zero attached hydrogens (tertiary/aromatic N) is 2. The van der Waals surface area contributed by atoms with Crippen LogP contribution in [0.15, 0.2) is 6.07 Å². The van der Waals surface area contributed by atoms with Crippen molar-refractivity contribution in [2.75, 3.05) is 0 Å². The van der Waals surface area contributed by atoms with Crippen LogP contribution in [0.1, 0.15) is 17.8 Å². The highest BCUT2D eigenvalue weighted by molar-refractivity contribution is 7.78. The summed E-state index contributed by atoms with van der Waals surface area (Å²) in [6.07, 6.45) is -1.11. The predicted octanol–water partition coefficient (Wildman–Crippen LogP) is 1.97. The topological polar surface area (TPSA) is 17.8 Å². The zero-order valence-electron chi connectivity index (χ0n) is 6.29. The smallest absolute Gasteiger partial charge is 0.267 e. The number of halogens is 2. The van der Waals surface area contributed by atoms with Crippen molar-refractivity contribution >= 4 is 23.3 Å². The SMILES string of the molecule is Cn1nc(C(F)F)cc1C=C=S. The van der Waals surface area contributed by atoms with Crippen molar-refractivity contribution in [1.29, 1.82) is 0 Å². The Morgan fingerprint density at radius 2 is 2.42 bits per heavy atom. The van der Waals surface area contributed by atoms with Gasteiger partial charge in [-0.15, -0.1) is 0 Å². The van der Waals surface area contributed by atoms with E-state index in [2.05, 4.69) is 22.3 Å². The van der Waals surface area contributed by atoms with Gasteiger partial charge >= 0.3 is 0 Å². The molecule has 0 spiro atoms. The van der Waals surface area contributed by atoms with Gasteiger partial charge in [-0.25, -0.2) is 8.78 Å². The molecule has 0 radical (unpaired) electrons. The molecule has 64 valence electrons. The number of thiocarbonyl (C=S) groups is 1. The minimum Gasteiger partial charge on any atom is -0.267 e. The highest BCUT2D eigenvalue weighted by Gasteiger charge is 2.12. The molecule has 1 heterocycles. The average Bonchev–Trinajstić information content (AvgIpc) is 2.34. The van der Waals surface area contributed by atoms with Gasteiger partial charge in [-0.05, 0) is 23.3 Å². The molecule has 0 aliphatic carbocycles. The molecule has 0 fully saturated rings. The molecule has 0 amide bonds. The second kappa shape index (κ2) is 3.56. The molecule has 1 aromatic rings. The largest absolute Gasteiger partial charge is 0.282 e. The van der Waals surface area contributed by atoms with Gasteiger partial charge in [-0.3, -0.25) is 4.68 Å². The van der Waals surface area contributed by atoms with Crippen LogP contribution in [-0.4, -0.2) is 14.8 Å². The van der Waals surface area contributed by atoms with E-state index in [0.717, 1.165) is 0 Å². The van der Waals surface area contributed by atoms with Crippen molar-refractivity contribution < 1.29 is 8.78 Å². The molecule has 0 N–H and O–H groups in total. The number of hydrogen-bond acceptors (Lipinski definition) is 2. The Hall–Kier alpha value is -1.06. The van der Waals surface area contributed by atoms with Gasteiger partial charge in [0, 0.05) is 13.1 Å². The molecule has 0 aromatic carbocycles. The summed E-state index contributed by atoms with van der Waals surface area (Å²) in [5.41, 5.74) is 0.286. The second-order valence-electron chi connectivity index (χ2n) is 2.18. The Bertz CT molecular complexity index is 326. The van der Waals surface area contributed by atoms with Crippen LogP contribution in [0.4, 0.5) is 8.78 Å². The number of rotatable bonds is 2. The quantitative estimate of drug-likeness (QED) is 0.660. The lowest BCUT2D eigenvalue weighted by Gasteiger charge is -1.90. The highest BCUT2D eigenvalue weighted by Crippen LogP contribution is 2.17. The van der Waals surface area contributed by atoms with Crippen molar-refractivity contribution in [2.24, 2.45) is 7.05 Å². The summed E-state index contributed by atoms with van der Waals surface area (Å²) in [4.78, 5) is 0. The standard InChI is InChI=1S/C7H6F2N2S/c1-11-5(2-3-12)4-6(10-11)7(8)9/h2,4,7H,1H3. The van der Waals surface area contributed by atoms with E-state index >= 15 is 0 Å². The van der Waals surface area contributed by atoms with E-state index in [4.69, 9.17) is 0 Å². The molecule has 1 aromatic heterocycles. The maximum Gasteiger partial charge on any atom is 0.282 e. The van der Waals surface area contributed by atoms with Crippen molar-refractivity contribution in [3.8, 4) is 0 Å². The Balaban J connectivity index is 3.08. The maximum atomic E-state index is 12.1. The predicted molar refractivity (Wildman–Crippen MR) is 45.2 cm³/mol. The molecule has 0 aliphatic heterocycles. The Morgan fingerprint density at radius 1 is 1.75 bits per heavy atom. The fourth-order valence-electron chi connectivity index (χ4n) is 0.807. The first kappa shape index (κ1) is 9.03. The molecule has 0 bridgehead atoms. The Morgan fingerprint density at radius 3 is 2.83 bits per heavy atom. The van der Waals surface area contributed by atoms with Crippen LogP contribution in [0.5, 0.6) is 0 Å². The van der Waals surface area contributed by atoms with Crippen LogP contribution >= 0.6 is 12.2 Å². The summed E-state index contributed by atoms with van der Waals surface area (Å²) in [5.74, 6) is 0. The lowest BCUT2D eigenvalue weighted by Crippen LogP contribution is -1.94. The normalized spacial score (nSPS) is 10.0. The van der Waals surface area contributed by atoms with Crippen molar-refractivity contribution in [3.05, 3.63) is 17.5 Å². The second-order valence-corrected chi connectivity index (χ2v) is 2.42. The molecule has 0 aliphatic rings. The van der Waals surface area contributed by atoms with Crippen LogP contribution in [-0.2, 0) is 7.05 Å². The summed E-state index contributed by atoms with van der Waals surface area (Å²) in [5, 5.41) is 5.91. The molecule has 0 atom stereocenters. The lowest BCUT2D eigenvalue weighted by atomic mass is 10.3. The summed E-state index contributed by atoms with van der Waals surface area (Å²) in [6, 6.07) is 1.28. The molecular formula is C7H6F2N2S. The van der Waals surface area contributed by atoms with Crippen LogP contribution < -0.4 is 0 Å². The van der Waals surface area contributed by atoms with Gasteiger partial charge < -0.3 is 0 Å². The maximum absolute atomic E-state index is 12.1. The lowest BCUT2D eigenvalue weighted by molar-refractivity contribution is 0.145. The fraction of sp³-hybridized carbons (Fsp3) is 0.286. The Kier molecular flexibility index (Phi) is 2.68. The van der Waals surface area contributed by atoms with Crippen LogP contribution in [0.3, 0.4) is 0 Å². The third-order valence-electron chi connectivity index (χ3n) is 1.37. The molecular weight excluding hydrogens is 182 g/mol. The molecule has 0 saturated carbocycles. The molecule has 0 saturated heterocycles. The van der Waals surface area contributed by atoms with Gasteiger partial charge in [0.2, 0.25) is 0 Å². The molecule has 12 heavy (non-hydrogen) atoms. The summed E-state index contributed by atoms with van der Waals surface area (Å²) >= 11 is 4.43. The first-order valence-corrected chi connectivity index (χ1v) is 3.59.